The van der Waals surface area contributed by atoms with E-state index < -0.39 is 12.1 Å². The molecule has 250 valence electrons. The fourth-order valence-electron chi connectivity index (χ4n) is 5.62. The van der Waals surface area contributed by atoms with E-state index in [1.54, 1.807) is 59.5 Å². The fourth-order valence-corrected chi connectivity index (χ4v) is 5.62. The lowest BCUT2D eigenvalue weighted by molar-refractivity contribution is 0.0343. The highest BCUT2D eigenvalue weighted by atomic mass is 16.5. The summed E-state index contributed by atoms with van der Waals surface area (Å²) >= 11 is 0. The summed E-state index contributed by atoms with van der Waals surface area (Å²) in [4.78, 5) is 43.3. The Balaban J connectivity index is 1.33. The van der Waals surface area contributed by atoms with Crippen LogP contribution in [0.15, 0.2) is 97.1 Å². The summed E-state index contributed by atoms with van der Waals surface area (Å²) in [6.07, 6.45) is -0.378. The Morgan fingerprint density at radius 3 is 2.33 bits per heavy atom. The lowest BCUT2D eigenvalue weighted by atomic mass is 9.98. The predicted octanol–water partition coefficient (Wildman–Crippen LogP) is 5.52. The maximum atomic E-state index is 13.8. The molecule has 0 fully saturated rings. The van der Waals surface area contributed by atoms with Crippen LogP contribution in [0.3, 0.4) is 0 Å². The molecule has 6 N–H and O–H groups in total. The lowest BCUT2D eigenvalue weighted by Gasteiger charge is -2.38. The summed E-state index contributed by atoms with van der Waals surface area (Å²) in [6, 6.07) is 27.7. The third kappa shape index (κ3) is 8.30. The van der Waals surface area contributed by atoms with E-state index in [1.807, 2.05) is 63.4 Å². The minimum absolute atomic E-state index is 0.124. The second kappa shape index (κ2) is 15.5. The number of benzene rings is 4. The molecular weight excluding hydrogens is 608 g/mol. The number of para-hydroxylation sites is 4. The largest absolute Gasteiger partial charge is 0.486 e. The molecule has 1 aliphatic heterocycles. The summed E-state index contributed by atoms with van der Waals surface area (Å²) in [5.41, 5.74) is 9.82. The number of likely N-dealkylation sites (N-methyl/N-ethyl adjacent to an activating group) is 1. The van der Waals surface area contributed by atoms with Crippen LogP contribution < -0.4 is 26.4 Å². The Morgan fingerprint density at radius 2 is 1.62 bits per heavy atom. The second-order valence-electron chi connectivity index (χ2n) is 12.2. The highest BCUT2D eigenvalue weighted by Gasteiger charge is 2.34. The number of nitrogens with two attached hydrogens (primary N) is 1. The molecule has 4 aromatic carbocycles. The molecule has 0 aromatic heterocycles. The van der Waals surface area contributed by atoms with Crippen molar-refractivity contribution in [3.8, 4) is 5.75 Å². The summed E-state index contributed by atoms with van der Waals surface area (Å²) in [5.74, 6) is -0.376. The number of amides is 4. The number of nitrogens with one attached hydrogen (secondary N) is 3. The van der Waals surface area contributed by atoms with Crippen molar-refractivity contribution in [2.75, 3.05) is 48.4 Å². The molecule has 0 radical (unpaired) electrons. The van der Waals surface area contributed by atoms with E-state index >= 15 is 0 Å². The smallest absolute Gasteiger partial charge is 0.323 e. The van der Waals surface area contributed by atoms with Gasteiger partial charge in [-0.2, -0.15) is 0 Å². The molecule has 4 amide bonds. The summed E-state index contributed by atoms with van der Waals surface area (Å²) in [5, 5.41) is 18.5. The van der Waals surface area contributed by atoms with Crippen LogP contribution in [0.5, 0.6) is 5.75 Å². The molecule has 0 bridgehead atoms. The van der Waals surface area contributed by atoms with Crippen molar-refractivity contribution < 1.29 is 24.2 Å². The van der Waals surface area contributed by atoms with Crippen LogP contribution in [0.4, 0.5) is 27.5 Å². The minimum Gasteiger partial charge on any atom is -0.486 e. The van der Waals surface area contributed by atoms with E-state index in [9.17, 15) is 19.5 Å². The van der Waals surface area contributed by atoms with Gasteiger partial charge in [-0.1, -0.05) is 55.5 Å². The number of hydrogen-bond donors (Lipinski definition) is 5. The van der Waals surface area contributed by atoms with Gasteiger partial charge in [-0.05, 0) is 68.1 Å². The predicted molar refractivity (Wildman–Crippen MR) is 188 cm³/mol. The van der Waals surface area contributed by atoms with Crippen LogP contribution >= 0.6 is 0 Å². The highest BCUT2D eigenvalue weighted by molar-refractivity contribution is 6.06. The van der Waals surface area contributed by atoms with E-state index in [0.29, 0.717) is 53.5 Å². The first-order chi connectivity index (χ1) is 23.1. The zero-order valence-corrected chi connectivity index (χ0v) is 27.4. The zero-order valence-electron chi connectivity index (χ0n) is 27.4. The van der Waals surface area contributed by atoms with Crippen molar-refractivity contribution >= 4 is 40.6 Å². The van der Waals surface area contributed by atoms with Gasteiger partial charge in [0.1, 0.15) is 6.10 Å². The van der Waals surface area contributed by atoms with Crippen molar-refractivity contribution in [2.24, 2.45) is 5.92 Å². The molecule has 1 aliphatic rings. The molecule has 0 saturated carbocycles. The number of anilines is 4. The normalized spacial score (nSPS) is 16.6. The van der Waals surface area contributed by atoms with Gasteiger partial charge in [0.25, 0.3) is 11.8 Å². The number of aliphatic hydroxyl groups is 1. The number of aliphatic hydroxyl groups excluding tert-OH is 1. The van der Waals surface area contributed by atoms with Gasteiger partial charge in [0, 0.05) is 36.8 Å². The highest BCUT2D eigenvalue weighted by Crippen LogP contribution is 2.35. The van der Waals surface area contributed by atoms with E-state index in [0.717, 1.165) is 5.56 Å². The number of hydrogen-bond acceptors (Lipinski definition) is 7. The van der Waals surface area contributed by atoms with Crippen molar-refractivity contribution in [3.63, 3.8) is 0 Å². The lowest BCUT2D eigenvalue weighted by Crippen LogP contribution is -2.49. The minimum atomic E-state index is -0.473. The van der Waals surface area contributed by atoms with Crippen LogP contribution in [0.2, 0.25) is 0 Å². The molecule has 0 aliphatic carbocycles. The molecule has 0 spiro atoms. The van der Waals surface area contributed by atoms with Crippen LogP contribution in [0.25, 0.3) is 0 Å². The third-order valence-electron chi connectivity index (χ3n) is 8.34. The van der Waals surface area contributed by atoms with E-state index in [1.165, 1.54) is 0 Å². The Bertz CT molecular complexity index is 1730. The Hall–Kier alpha value is -5.39. The number of nitrogen functional groups attached to an aromatic ring is 1. The number of nitrogens with zero attached hydrogens (tertiary/aromatic N) is 2. The Kier molecular flexibility index (Phi) is 10.9. The summed E-state index contributed by atoms with van der Waals surface area (Å²) < 4.78 is 6.63. The van der Waals surface area contributed by atoms with Gasteiger partial charge in [0.05, 0.1) is 35.3 Å². The third-order valence-corrected chi connectivity index (χ3v) is 8.34. The average Bonchev–Trinajstić information content (AvgIpc) is 3.08. The zero-order chi connectivity index (χ0) is 34.2. The maximum Gasteiger partial charge on any atom is 0.323 e. The van der Waals surface area contributed by atoms with Crippen molar-refractivity contribution in [1.82, 2.24) is 9.80 Å². The van der Waals surface area contributed by atoms with Crippen LogP contribution in [0.1, 0.15) is 40.1 Å². The first-order valence-corrected chi connectivity index (χ1v) is 15.9. The van der Waals surface area contributed by atoms with Crippen LogP contribution in [-0.4, -0.2) is 71.6 Å². The number of urea groups is 1. The van der Waals surface area contributed by atoms with Gasteiger partial charge >= 0.3 is 6.03 Å². The molecule has 1 heterocycles. The standard InChI is InChI=1S/C37H42N6O5/c1-24-20-43(25(2)23-44)36(46)29-12-9-15-32(41-37(47)39-28-10-5-4-6-11-28)34(29)48-33(24)22-42(3)21-26-16-18-27(19-17-26)35(45)40-31-14-8-7-13-30(31)38/h4-19,24-25,33,44H,20-23,38H2,1-3H3,(H,40,45)(H2,39,41,47)/t24-,25+,33-/m1/s1. The van der Waals surface area contributed by atoms with Gasteiger partial charge in [-0.25, -0.2) is 4.79 Å². The maximum absolute atomic E-state index is 13.8. The molecule has 0 saturated heterocycles. The van der Waals surface area contributed by atoms with E-state index in [2.05, 4.69) is 20.9 Å². The summed E-state index contributed by atoms with van der Waals surface area (Å²) in [6.45, 7) is 5.07. The van der Waals surface area contributed by atoms with Gasteiger partial charge in [0.2, 0.25) is 0 Å². The number of ether oxygens (including phenoxy) is 1. The van der Waals surface area contributed by atoms with Gasteiger partial charge < -0.3 is 36.4 Å². The van der Waals surface area contributed by atoms with Crippen molar-refractivity contribution in [1.29, 1.82) is 0 Å². The van der Waals surface area contributed by atoms with Crippen molar-refractivity contribution in [3.05, 3.63) is 114 Å². The molecule has 4 aromatic rings. The molecule has 11 heteroatoms. The summed E-state index contributed by atoms with van der Waals surface area (Å²) in [7, 11) is 1.98. The monoisotopic (exact) mass is 650 g/mol. The number of carbonyl (C=O) groups excluding carboxylic acids is 3. The number of rotatable bonds is 10. The molecule has 48 heavy (non-hydrogen) atoms. The Morgan fingerprint density at radius 1 is 0.938 bits per heavy atom. The fraction of sp³-hybridized carbons (Fsp3) is 0.270. The first kappa shape index (κ1) is 34.0. The molecule has 5 rings (SSSR count). The van der Waals surface area contributed by atoms with Gasteiger partial charge in [-0.3, -0.25) is 14.5 Å². The molecule has 11 nitrogen and oxygen atoms in total. The molecular formula is C37H42N6O5. The van der Waals surface area contributed by atoms with Crippen LogP contribution in [-0.2, 0) is 6.54 Å². The number of carbonyl (C=O) groups is 3. The molecule has 0 unspecified atom stereocenters. The quantitative estimate of drug-likeness (QED) is 0.142. The SMILES string of the molecule is C[C@@H]1CN([C@@H](C)CO)C(=O)c2cccc(NC(=O)Nc3ccccc3)c2O[C@@H]1CN(C)Cc1ccc(C(=O)Nc2ccccc2N)cc1. The Labute approximate surface area is 280 Å². The van der Waals surface area contributed by atoms with Crippen LogP contribution in [0, 0.1) is 5.92 Å². The topological polar surface area (TPSA) is 149 Å². The molecule has 3 atom stereocenters. The van der Waals surface area contributed by atoms with Gasteiger partial charge in [0.15, 0.2) is 5.75 Å². The number of fused-ring (bicyclic) bond motifs is 1. The second-order valence-corrected chi connectivity index (χ2v) is 12.2. The van der Waals surface area contributed by atoms with Crippen molar-refractivity contribution in [2.45, 2.75) is 32.5 Å². The average molecular weight is 651 g/mol. The van der Waals surface area contributed by atoms with E-state index in [-0.39, 0.29) is 36.2 Å². The van der Waals surface area contributed by atoms with Gasteiger partial charge in [-0.15, -0.1) is 0 Å². The van der Waals surface area contributed by atoms with E-state index in [4.69, 9.17) is 10.5 Å². The first-order valence-electron chi connectivity index (χ1n) is 15.9.